The lowest BCUT2D eigenvalue weighted by molar-refractivity contribution is 0.0688. The van der Waals surface area contributed by atoms with Crippen molar-refractivity contribution >= 4 is 28.7 Å². The molecule has 1 aliphatic rings. The first-order valence-electron chi connectivity index (χ1n) is 6.31. The molecule has 0 bridgehead atoms. The molecule has 2 heterocycles. The fourth-order valence-electron chi connectivity index (χ4n) is 2.13. The van der Waals surface area contributed by atoms with Crippen LogP contribution in [0.4, 0.5) is 0 Å². The number of hydrogen-bond acceptors (Lipinski definition) is 4. The van der Waals surface area contributed by atoms with Gasteiger partial charge in [0.1, 0.15) is 0 Å². The zero-order chi connectivity index (χ0) is 13.0. The Hall–Kier alpha value is -0.420. The van der Waals surface area contributed by atoms with Crippen LogP contribution in [0.25, 0.3) is 0 Å². The maximum absolute atomic E-state index is 12.1. The zero-order valence-corrected chi connectivity index (χ0v) is 12.1. The fraction of sp³-hybridized carbons (Fsp3) is 0.615. The molecule has 1 saturated heterocycles. The van der Waals surface area contributed by atoms with Crippen molar-refractivity contribution in [3.05, 3.63) is 21.3 Å². The van der Waals surface area contributed by atoms with Gasteiger partial charge >= 0.3 is 0 Å². The van der Waals surface area contributed by atoms with Gasteiger partial charge in [-0.2, -0.15) is 0 Å². The lowest BCUT2D eigenvalue weighted by Crippen LogP contribution is -2.35. The molecule has 0 aliphatic carbocycles. The lowest BCUT2D eigenvalue weighted by Gasteiger charge is -2.22. The number of halogens is 1. The van der Waals surface area contributed by atoms with Crippen molar-refractivity contribution in [1.82, 2.24) is 4.90 Å². The Morgan fingerprint density at radius 1 is 1.61 bits per heavy atom. The monoisotopic (exact) mass is 287 g/mol. The van der Waals surface area contributed by atoms with Crippen molar-refractivity contribution in [2.24, 2.45) is 0 Å². The van der Waals surface area contributed by atoms with Crippen molar-refractivity contribution < 1.29 is 9.53 Å². The number of nitrogens with zero attached hydrogens (tertiary/aromatic N) is 1. The van der Waals surface area contributed by atoms with E-state index in [1.165, 1.54) is 11.3 Å². The predicted molar refractivity (Wildman–Crippen MR) is 74.7 cm³/mol. The molecule has 1 atom stereocenters. The highest BCUT2D eigenvalue weighted by molar-refractivity contribution is 7.18. The van der Waals surface area contributed by atoms with E-state index in [1.54, 1.807) is 12.1 Å². The Morgan fingerprint density at radius 3 is 3.00 bits per heavy atom. The average Bonchev–Trinajstić information content (AvgIpc) is 2.99. The van der Waals surface area contributed by atoms with Gasteiger partial charge in [-0.05, 0) is 31.5 Å². The summed E-state index contributed by atoms with van der Waals surface area (Å²) in [5, 5.41) is 0. The molecule has 0 saturated carbocycles. The number of likely N-dealkylation sites (N-methyl/N-ethyl adjacent to an activating group) is 1. The number of rotatable bonds is 6. The smallest absolute Gasteiger partial charge is 0.186 e. The van der Waals surface area contributed by atoms with E-state index in [4.69, 9.17) is 16.3 Å². The molecule has 0 amide bonds. The minimum atomic E-state index is 0.145. The number of carbonyl (C=O) groups is 1. The van der Waals surface area contributed by atoms with E-state index in [2.05, 4.69) is 11.8 Å². The molecule has 1 aromatic rings. The van der Waals surface area contributed by atoms with Crippen LogP contribution in [-0.4, -0.2) is 43.0 Å². The van der Waals surface area contributed by atoms with Crippen LogP contribution in [0.15, 0.2) is 12.1 Å². The molecule has 100 valence electrons. The largest absolute Gasteiger partial charge is 0.377 e. The van der Waals surface area contributed by atoms with E-state index in [9.17, 15) is 4.79 Å². The quantitative estimate of drug-likeness (QED) is 0.753. The molecule has 3 nitrogen and oxygen atoms in total. The first-order valence-corrected chi connectivity index (χ1v) is 7.51. The van der Waals surface area contributed by atoms with Crippen LogP contribution in [0.5, 0.6) is 0 Å². The van der Waals surface area contributed by atoms with Crippen LogP contribution < -0.4 is 0 Å². The fourth-order valence-corrected chi connectivity index (χ4v) is 3.10. The van der Waals surface area contributed by atoms with Crippen LogP contribution >= 0.6 is 22.9 Å². The van der Waals surface area contributed by atoms with Crippen molar-refractivity contribution in [3.8, 4) is 0 Å². The van der Waals surface area contributed by atoms with Gasteiger partial charge in [0.25, 0.3) is 0 Å². The first-order chi connectivity index (χ1) is 8.69. The molecular formula is C13H18ClNO2S. The number of hydrogen-bond donors (Lipinski definition) is 0. The van der Waals surface area contributed by atoms with Gasteiger partial charge in [0.05, 0.1) is 21.9 Å². The summed E-state index contributed by atoms with van der Waals surface area (Å²) < 4.78 is 6.27. The minimum absolute atomic E-state index is 0.145. The van der Waals surface area contributed by atoms with Gasteiger partial charge in [0.15, 0.2) is 5.78 Å². The molecule has 1 fully saturated rings. The second kappa shape index (κ2) is 6.66. The van der Waals surface area contributed by atoms with E-state index >= 15 is 0 Å². The number of carbonyl (C=O) groups excluding carboxylic acids is 1. The lowest BCUT2D eigenvalue weighted by atomic mass is 10.2. The van der Waals surface area contributed by atoms with E-state index in [0.29, 0.717) is 17.0 Å². The summed E-state index contributed by atoms with van der Waals surface area (Å²) in [7, 11) is 0. The van der Waals surface area contributed by atoms with E-state index in [1.807, 2.05) is 0 Å². The van der Waals surface area contributed by atoms with Gasteiger partial charge in [-0.1, -0.05) is 18.5 Å². The van der Waals surface area contributed by atoms with E-state index in [0.717, 1.165) is 37.4 Å². The van der Waals surface area contributed by atoms with Gasteiger partial charge in [-0.15, -0.1) is 11.3 Å². The number of ketones is 1. The van der Waals surface area contributed by atoms with Crippen LogP contribution in [0.3, 0.4) is 0 Å². The summed E-state index contributed by atoms with van der Waals surface area (Å²) in [6.45, 7) is 5.10. The standard InChI is InChI=1S/C13H18ClNO2S/c1-2-15(8-10-4-3-7-17-10)9-11(16)12-5-6-13(14)18-12/h5-6,10H,2-4,7-9H2,1H3. The second-order valence-electron chi connectivity index (χ2n) is 4.49. The number of thiophene rings is 1. The topological polar surface area (TPSA) is 29.5 Å². The summed E-state index contributed by atoms with van der Waals surface area (Å²) in [5.41, 5.74) is 0. The Kier molecular flexibility index (Phi) is 5.18. The molecular weight excluding hydrogens is 270 g/mol. The van der Waals surface area contributed by atoms with E-state index < -0.39 is 0 Å². The number of ether oxygens (including phenoxy) is 1. The molecule has 2 rings (SSSR count). The maximum Gasteiger partial charge on any atom is 0.186 e. The van der Waals surface area contributed by atoms with Crippen molar-refractivity contribution in [2.45, 2.75) is 25.9 Å². The zero-order valence-electron chi connectivity index (χ0n) is 10.5. The number of Topliss-reactive ketones (excluding diaryl/α,β-unsaturated/α-hetero) is 1. The normalized spacial score (nSPS) is 19.6. The van der Waals surface area contributed by atoms with Crippen molar-refractivity contribution in [1.29, 1.82) is 0 Å². The Balaban J connectivity index is 1.87. The Labute approximate surface area is 117 Å². The van der Waals surface area contributed by atoms with Crippen LogP contribution in [0.2, 0.25) is 4.34 Å². The molecule has 1 unspecified atom stereocenters. The Bertz CT molecular complexity index is 401. The molecule has 1 aromatic heterocycles. The molecule has 0 aromatic carbocycles. The SMILES string of the molecule is CCN(CC(=O)c1ccc(Cl)s1)CC1CCCO1. The van der Waals surface area contributed by atoms with Gasteiger partial charge in [-0.3, -0.25) is 9.69 Å². The Morgan fingerprint density at radius 2 is 2.44 bits per heavy atom. The summed E-state index contributed by atoms with van der Waals surface area (Å²) in [4.78, 5) is 15.0. The van der Waals surface area contributed by atoms with Gasteiger partial charge in [0.2, 0.25) is 0 Å². The first kappa shape index (κ1) is 14.0. The van der Waals surface area contributed by atoms with E-state index in [-0.39, 0.29) is 5.78 Å². The summed E-state index contributed by atoms with van der Waals surface area (Å²) >= 11 is 7.19. The van der Waals surface area contributed by atoms with Crippen LogP contribution in [0, 0.1) is 0 Å². The van der Waals surface area contributed by atoms with Crippen molar-refractivity contribution in [3.63, 3.8) is 0 Å². The molecule has 0 N–H and O–H groups in total. The third kappa shape index (κ3) is 3.79. The summed E-state index contributed by atoms with van der Waals surface area (Å²) in [6.07, 6.45) is 2.54. The molecule has 0 spiro atoms. The highest BCUT2D eigenvalue weighted by Crippen LogP contribution is 2.22. The molecule has 1 aliphatic heterocycles. The van der Waals surface area contributed by atoms with Gasteiger partial charge in [-0.25, -0.2) is 0 Å². The highest BCUT2D eigenvalue weighted by Gasteiger charge is 2.20. The molecule has 5 heteroatoms. The predicted octanol–water partition coefficient (Wildman–Crippen LogP) is 3.09. The maximum atomic E-state index is 12.1. The van der Waals surface area contributed by atoms with Crippen LogP contribution in [0.1, 0.15) is 29.4 Å². The molecule has 18 heavy (non-hydrogen) atoms. The summed E-state index contributed by atoms with van der Waals surface area (Å²) in [6, 6.07) is 3.57. The second-order valence-corrected chi connectivity index (χ2v) is 6.20. The third-order valence-corrected chi connectivity index (χ3v) is 4.42. The molecule has 0 radical (unpaired) electrons. The van der Waals surface area contributed by atoms with Gasteiger partial charge < -0.3 is 4.74 Å². The summed E-state index contributed by atoms with van der Waals surface area (Å²) in [5.74, 6) is 0.145. The van der Waals surface area contributed by atoms with Crippen LogP contribution in [-0.2, 0) is 4.74 Å². The van der Waals surface area contributed by atoms with Gasteiger partial charge in [0, 0.05) is 13.2 Å². The highest BCUT2D eigenvalue weighted by atomic mass is 35.5. The van der Waals surface area contributed by atoms with Crippen molar-refractivity contribution in [2.75, 3.05) is 26.2 Å². The average molecular weight is 288 g/mol. The minimum Gasteiger partial charge on any atom is -0.377 e. The third-order valence-electron chi connectivity index (χ3n) is 3.15.